The van der Waals surface area contributed by atoms with Crippen LogP contribution in [0.5, 0.6) is 0 Å². The van der Waals surface area contributed by atoms with Crippen LogP contribution in [-0.2, 0) is 16.1 Å². The summed E-state index contributed by atoms with van der Waals surface area (Å²) in [5.41, 5.74) is 0.624. The van der Waals surface area contributed by atoms with Gasteiger partial charge in [-0.2, -0.15) is 0 Å². The number of nitro groups is 1. The van der Waals surface area contributed by atoms with E-state index in [-0.39, 0.29) is 29.0 Å². The fourth-order valence-electron chi connectivity index (χ4n) is 3.02. The second-order valence-electron chi connectivity index (χ2n) is 7.29. The molecular weight excluding hydrogens is 432 g/mol. The number of carbonyl (C=O) groups is 1. The van der Waals surface area contributed by atoms with Gasteiger partial charge in [-0.15, -0.1) is 0 Å². The Balaban J connectivity index is 1.75. The first-order chi connectivity index (χ1) is 15.3. The Kier molecular flexibility index (Phi) is 7.96. The van der Waals surface area contributed by atoms with E-state index in [2.05, 4.69) is 10.3 Å². The van der Waals surface area contributed by atoms with E-state index in [9.17, 15) is 19.7 Å². The van der Waals surface area contributed by atoms with Crippen molar-refractivity contribution < 1.29 is 14.5 Å². The number of nitrogens with zero attached hydrogens (tertiary/aromatic N) is 3. The molecule has 1 aromatic heterocycles. The quantitative estimate of drug-likeness (QED) is 0.162. The number of amides is 1. The largest absolute Gasteiger partial charge is 0.379 e. The lowest BCUT2D eigenvalue weighted by molar-refractivity contribution is -0.384. The summed E-state index contributed by atoms with van der Waals surface area (Å²) in [6.45, 7) is 4.82. The van der Waals surface area contributed by atoms with Crippen molar-refractivity contribution in [2.45, 2.75) is 38.1 Å². The molecule has 1 amide bonds. The van der Waals surface area contributed by atoms with Gasteiger partial charge >= 0.3 is 0 Å². The second-order valence-corrected chi connectivity index (χ2v) is 8.23. The highest BCUT2D eigenvalue weighted by atomic mass is 32.2. The molecule has 0 saturated carbocycles. The molecule has 10 heteroatoms. The minimum absolute atomic E-state index is 0.00400. The molecule has 0 aliphatic heterocycles. The number of nitro benzene ring substituents is 1. The smallest absolute Gasteiger partial charge is 0.271 e. The highest BCUT2D eigenvalue weighted by Gasteiger charge is 2.14. The summed E-state index contributed by atoms with van der Waals surface area (Å²) in [6, 6.07) is 12.8. The van der Waals surface area contributed by atoms with E-state index in [1.54, 1.807) is 34.9 Å². The standard InChI is InChI=1S/C22H24N4O5S/c1-15(2)31-12-6-11-25-21(28)18-9-3-4-10-19(18)24-22(25)32-14-20(27)23-16-7-5-8-17(13-16)26(29)30/h3-5,7-10,13,15H,6,11-12,14H2,1-2H3,(H,23,27). The van der Waals surface area contributed by atoms with Crippen molar-refractivity contribution in [1.29, 1.82) is 0 Å². The number of aromatic nitrogens is 2. The molecule has 1 heterocycles. The zero-order chi connectivity index (χ0) is 23.1. The van der Waals surface area contributed by atoms with E-state index in [4.69, 9.17) is 4.74 Å². The van der Waals surface area contributed by atoms with Crippen LogP contribution in [0.4, 0.5) is 11.4 Å². The maximum atomic E-state index is 13.0. The Labute approximate surface area is 189 Å². The topological polar surface area (TPSA) is 116 Å². The van der Waals surface area contributed by atoms with Crippen molar-refractivity contribution in [3.63, 3.8) is 0 Å². The molecular formula is C22H24N4O5S. The first-order valence-electron chi connectivity index (χ1n) is 10.1. The van der Waals surface area contributed by atoms with Gasteiger partial charge in [0.25, 0.3) is 11.2 Å². The molecule has 0 fully saturated rings. The number of anilines is 1. The monoisotopic (exact) mass is 456 g/mol. The normalized spacial score (nSPS) is 11.1. The van der Waals surface area contributed by atoms with Gasteiger partial charge in [-0.05, 0) is 38.5 Å². The third-order valence-electron chi connectivity index (χ3n) is 4.48. The SMILES string of the molecule is CC(C)OCCCn1c(SCC(=O)Nc2cccc([N+](=O)[O-])c2)nc2ccccc2c1=O. The molecule has 9 nitrogen and oxygen atoms in total. The van der Waals surface area contributed by atoms with Gasteiger partial charge < -0.3 is 10.1 Å². The predicted molar refractivity (Wildman–Crippen MR) is 124 cm³/mol. The minimum atomic E-state index is -0.523. The molecule has 0 radical (unpaired) electrons. The number of fused-ring (bicyclic) bond motifs is 1. The van der Waals surface area contributed by atoms with Gasteiger partial charge in [0.05, 0.1) is 27.7 Å². The number of ether oxygens (including phenoxy) is 1. The Morgan fingerprint density at radius 3 is 2.78 bits per heavy atom. The number of hydrogen-bond acceptors (Lipinski definition) is 7. The van der Waals surface area contributed by atoms with Crippen LogP contribution in [0, 0.1) is 10.1 Å². The number of carbonyl (C=O) groups excluding carboxylic acids is 1. The van der Waals surface area contributed by atoms with Crippen LogP contribution in [0.25, 0.3) is 10.9 Å². The Hall–Kier alpha value is -3.24. The fourth-order valence-corrected chi connectivity index (χ4v) is 3.85. The first-order valence-corrected chi connectivity index (χ1v) is 11.1. The Morgan fingerprint density at radius 2 is 2.03 bits per heavy atom. The highest BCUT2D eigenvalue weighted by Crippen LogP contribution is 2.20. The van der Waals surface area contributed by atoms with Crippen molar-refractivity contribution in [2.24, 2.45) is 0 Å². The molecule has 0 bridgehead atoms. The number of thioether (sulfide) groups is 1. The van der Waals surface area contributed by atoms with E-state index in [0.717, 1.165) is 11.8 Å². The number of non-ortho nitro benzene ring substituents is 1. The van der Waals surface area contributed by atoms with Gasteiger partial charge in [-0.3, -0.25) is 24.3 Å². The van der Waals surface area contributed by atoms with Crippen molar-refractivity contribution >= 4 is 39.9 Å². The number of benzene rings is 2. The number of para-hydroxylation sites is 1. The lowest BCUT2D eigenvalue weighted by Gasteiger charge is -2.14. The average molecular weight is 457 g/mol. The molecule has 168 valence electrons. The van der Waals surface area contributed by atoms with Crippen LogP contribution in [0.3, 0.4) is 0 Å². The van der Waals surface area contributed by atoms with Crippen LogP contribution >= 0.6 is 11.8 Å². The van der Waals surface area contributed by atoms with Crippen LogP contribution < -0.4 is 10.9 Å². The molecule has 0 aliphatic rings. The Morgan fingerprint density at radius 1 is 1.25 bits per heavy atom. The molecule has 0 unspecified atom stereocenters. The Bertz CT molecular complexity index is 1180. The summed E-state index contributed by atoms with van der Waals surface area (Å²) < 4.78 is 7.13. The molecule has 3 aromatic rings. The van der Waals surface area contributed by atoms with Gasteiger partial charge in [0.2, 0.25) is 5.91 Å². The summed E-state index contributed by atoms with van der Waals surface area (Å²) in [4.78, 5) is 40.4. The molecule has 0 aliphatic carbocycles. The summed E-state index contributed by atoms with van der Waals surface area (Å²) in [6.07, 6.45) is 0.735. The molecule has 3 rings (SSSR count). The van der Waals surface area contributed by atoms with Gasteiger partial charge in [0.1, 0.15) is 0 Å². The van der Waals surface area contributed by atoms with Crippen LogP contribution in [0.2, 0.25) is 0 Å². The van der Waals surface area contributed by atoms with Crippen LogP contribution in [-0.4, -0.2) is 38.8 Å². The van der Waals surface area contributed by atoms with E-state index in [1.165, 1.54) is 18.2 Å². The van der Waals surface area contributed by atoms with Crippen molar-refractivity contribution in [1.82, 2.24) is 9.55 Å². The van der Waals surface area contributed by atoms with E-state index in [1.807, 2.05) is 13.8 Å². The zero-order valence-electron chi connectivity index (χ0n) is 17.8. The maximum Gasteiger partial charge on any atom is 0.271 e. The average Bonchev–Trinajstić information content (AvgIpc) is 2.76. The lowest BCUT2D eigenvalue weighted by atomic mass is 10.2. The maximum absolute atomic E-state index is 13.0. The van der Waals surface area contributed by atoms with Crippen molar-refractivity contribution in [2.75, 3.05) is 17.7 Å². The number of rotatable bonds is 10. The fraction of sp³-hybridized carbons (Fsp3) is 0.318. The summed E-state index contributed by atoms with van der Waals surface area (Å²) in [7, 11) is 0. The predicted octanol–water partition coefficient (Wildman–Crippen LogP) is 3.85. The second kappa shape index (κ2) is 10.9. The summed E-state index contributed by atoms with van der Waals surface area (Å²) >= 11 is 1.14. The van der Waals surface area contributed by atoms with Crippen LogP contribution in [0.15, 0.2) is 58.5 Å². The number of nitrogens with one attached hydrogen (secondary N) is 1. The third kappa shape index (κ3) is 6.14. The summed E-state index contributed by atoms with van der Waals surface area (Å²) in [5, 5.41) is 14.5. The van der Waals surface area contributed by atoms with Crippen LogP contribution in [0.1, 0.15) is 20.3 Å². The molecule has 0 saturated heterocycles. The van der Waals surface area contributed by atoms with Gasteiger partial charge in [-0.25, -0.2) is 4.98 Å². The zero-order valence-corrected chi connectivity index (χ0v) is 18.6. The van der Waals surface area contributed by atoms with Gasteiger partial charge in [0.15, 0.2) is 5.16 Å². The highest BCUT2D eigenvalue weighted by molar-refractivity contribution is 7.99. The lowest BCUT2D eigenvalue weighted by Crippen LogP contribution is -2.25. The van der Waals surface area contributed by atoms with E-state index >= 15 is 0 Å². The molecule has 0 spiro atoms. The van der Waals surface area contributed by atoms with E-state index < -0.39 is 4.92 Å². The minimum Gasteiger partial charge on any atom is -0.379 e. The van der Waals surface area contributed by atoms with Crippen molar-refractivity contribution in [3.8, 4) is 0 Å². The number of hydrogen-bond donors (Lipinski definition) is 1. The van der Waals surface area contributed by atoms with E-state index in [0.29, 0.717) is 41.3 Å². The van der Waals surface area contributed by atoms with Crippen molar-refractivity contribution in [3.05, 3.63) is 69.0 Å². The third-order valence-corrected chi connectivity index (χ3v) is 5.45. The first kappa shape index (κ1) is 23.4. The van der Waals surface area contributed by atoms with Gasteiger partial charge in [0, 0.05) is 31.0 Å². The van der Waals surface area contributed by atoms with Gasteiger partial charge in [-0.1, -0.05) is 30.0 Å². The summed E-state index contributed by atoms with van der Waals surface area (Å²) in [5.74, 6) is -0.358. The molecule has 2 aromatic carbocycles. The molecule has 0 atom stereocenters. The molecule has 32 heavy (non-hydrogen) atoms. The molecule has 1 N–H and O–H groups in total.